The number of rotatable bonds is 4. The number of halogens is 1. The van der Waals surface area contributed by atoms with Crippen LogP contribution in [-0.2, 0) is 11.2 Å². The molecule has 0 spiro atoms. The molecule has 2 saturated heterocycles. The molecule has 1 aromatic rings. The molecule has 0 radical (unpaired) electrons. The highest BCUT2D eigenvalue weighted by Crippen LogP contribution is 2.21. The van der Waals surface area contributed by atoms with Crippen molar-refractivity contribution < 1.29 is 9.18 Å². The summed E-state index contributed by atoms with van der Waals surface area (Å²) in [6, 6.07) is 6.57. The maximum Gasteiger partial charge on any atom is 0.227 e. The molecule has 1 unspecified atom stereocenters. The van der Waals surface area contributed by atoms with E-state index in [0.717, 1.165) is 26.1 Å². The first-order chi connectivity index (χ1) is 10.7. The van der Waals surface area contributed by atoms with Gasteiger partial charge in [-0.25, -0.2) is 4.39 Å². The average Bonchev–Trinajstić information content (AvgIpc) is 2.99. The van der Waals surface area contributed by atoms with E-state index >= 15 is 0 Å². The molecule has 1 amide bonds. The van der Waals surface area contributed by atoms with E-state index in [1.807, 2.05) is 4.90 Å². The molecule has 2 aliphatic rings. The summed E-state index contributed by atoms with van der Waals surface area (Å²) in [6.45, 7) is 5.19. The van der Waals surface area contributed by atoms with Crippen molar-refractivity contribution in [3.05, 3.63) is 35.6 Å². The molecule has 3 rings (SSSR count). The molecule has 0 aromatic heterocycles. The summed E-state index contributed by atoms with van der Waals surface area (Å²) in [6.07, 6.45) is 5.24. The molecule has 0 N–H and O–H groups in total. The summed E-state index contributed by atoms with van der Waals surface area (Å²) < 4.78 is 13.6. The van der Waals surface area contributed by atoms with Crippen LogP contribution in [-0.4, -0.2) is 48.4 Å². The van der Waals surface area contributed by atoms with Gasteiger partial charge in [-0.2, -0.15) is 0 Å². The van der Waals surface area contributed by atoms with Gasteiger partial charge < -0.3 is 9.80 Å². The largest absolute Gasteiger partial charge is 0.342 e. The van der Waals surface area contributed by atoms with Gasteiger partial charge in [-0.3, -0.25) is 4.79 Å². The van der Waals surface area contributed by atoms with Crippen LogP contribution in [0.1, 0.15) is 31.2 Å². The summed E-state index contributed by atoms with van der Waals surface area (Å²) in [4.78, 5) is 16.8. The Kier molecular flexibility index (Phi) is 5.08. The van der Waals surface area contributed by atoms with Gasteiger partial charge in [-0.1, -0.05) is 24.6 Å². The number of benzene rings is 1. The van der Waals surface area contributed by atoms with Gasteiger partial charge in [0.2, 0.25) is 5.91 Å². The Morgan fingerprint density at radius 3 is 2.68 bits per heavy atom. The fraction of sp³-hybridized carbons (Fsp3) is 0.611. The minimum atomic E-state index is -0.278. The van der Waals surface area contributed by atoms with Crippen LogP contribution in [0.5, 0.6) is 0 Å². The van der Waals surface area contributed by atoms with Gasteiger partial charge in [0.15, 0.2) is 0 Å². The van der Waals surface area contributed by atoms with Crippen molar-refractivity contribution in [2.24, 2.45) is 5.92 Å². The molecule has 2 fully saturated rings. The van der Waals surface area contributed by atoms with Crippen molar-refractivity contribution in [1.29, 1.82) is 0 Å². The van der Waals surface area contributed by atoms with E-state index in [2.05, 4.69) is 4.90 Å². The molecular formula is C18H25FN2O. The van der Waals surface area contributed by atoms with Crippen molar-refractivity contribution in [2.75, 3.05) is 32.7 Å². The zero-order chi connectivity index (χ0) is 15.4. The number of hydrogen-bond donors (Lipinski definition) is 0. The number of nitrogens with zero attached hydrogens (tertiary/aromatic N) is 2. The van der Waals surface area contributed by atoms with Crippen LogP contribution in [0.15, 0.2) is 24.3 Å². The lowest BCUT2D eigenvalue weighted by Gasteiger charge is -2.29. The highest BCUT2D eigenvalue weighted by atomic mass is 19.1. The van der Waals surface area contributed by atoms with Crippen LogP contribution < -0.4 is 0 Å². The monoisotopic (exact) mass is 304 g/mol. The number of amides is 1. The fourth-order valence-corrected chi connectivity index (χ4v) is 3.63. The molecule has 1 atom stereocenters. The number of piperidine rings is 1. The van der Waals surface area contributed by atoms with Crippen molar-refractivity contribution in [3.8, 4) is 0 Å². The lowest BCUT2D eigenvalue weighted by atomic mass is 10.1. The van der Waals surface area contributed by atoms with Gasteiger partial charge in [-0.15, -0.1) is 0 Å². The Morgan fingerprint density at radius 1 is 1.14 bits per heavy atom. The van der Waals surface area contributed by atoms with Crippen molar-refractivity contribution in [1.82, 2.24) is 9.80 Å². The van der Waals surface area contributed by atoms with E-state index in [-0.39, 0.29) is 18.1 Å². The SMILES string of the molecule is O=C(Cc1ccccc1F)N1CCC(CN2CCCCC2)C1. The van der Waals surface area contributed by atoms with E-state index in [9.17, 15) is 9.18 Å². The third-order valence-corrected chi connectivity index (χ3v) is 4.90. The molecule has 3 nitrogen and oxygen atoms in total. The van der Waals surface area contributed by atoms with Gasteiger partial charge in [0.05, 0.1) is 6.42 Å². The van der Waals surface area contributed by atoms with E-state index < -0.39 is 0 Å². The first-order valence-corrected chi connectivity index (χ1v) is 8.46. The molecule has 4 heteroatoms. The second-order valence-corrected chi connectivity index (χ2v) is 6.62. The number of carbonyl (C=O) groups is 1. The molecule has 0 aliphatic carbocycles. The summed E-state index contributed by atoms with van der Waals surface area (Å²) >= 11 is 0. The number of carbonyl (C=O) groups excluding carboxylic acids is 1. The van der Waals surface area contributed by atoms with Crippen LogP contribution in [0.25, 0.3) is 0 Å². The quantitative estimate of drug-likeness (QED) is 0.854. The Balaban J connectivity index is 1.49. The van der Waals surface area contributed by atoms with E-state index in [4.69, 9.17) is 0 Å². The van der Waals surface area contributed by atoms with Gasteiger partial charge in [0, 0.05) is 19.6 Å². The topological polar surface area (TPSA) is 23.6 Å². The molecular weight excluding hydrogens is 279 g/mol. The zero-order valence-electron chi connectivity index (χ0n) is 13.1. The highest BCUT2D eigenvalue weighted by molar-refractivity contribution is 5.79. The van der Waals surface area contributed by atoms with Gasteiger partial charge in [-0.05, 0) is 49.9 Å². The summed E-state index contributed by atoms with van der Waals surface area (Å²) in [5, 5.41) is 0. The summed E-state index contributed by atoms with van der Waals surface area (Å²) in [5.41, 5.74) is 0.506. The van der Waals surface area contributed by atoms with Crippen LogP contribution in [0.4, 0.5) is 4.39 Å². The fourth-order valence-electron chi connectivity index (χ4n) is 3.63. The summed E-state index contributed by atoms with van der Waals surface area (Å²) in [5.74, 6) is 0.369. The highest BCUT2D eigenvalue weighted by Gasteiger charge is 2.28. The van der Waals surface area contributed by atoms with E-state index in [1.165, 1.54) is 38.4 Å². The van der Waals surface area contributed by atoms with Crippen molar-refractivity contribution in [2.45, 2.75) is 32.1 Å². The van der Waals surface area contributed by atoms with Gasteiger partial charge >= 0.3 is 0 Å². The second-order valence-electron chi connectivity index (χ2n) is 6.62. The minimum absolute atomic E-state index is 0.0613. The number of hydrogen-bond acceptors (Lipinski definition) is 2. The Bertz CT molecular complexity index is 514. The first-order valence-electron chi connectivity index (χ1n) is 8.46. The molecule has 2 heterocycles. The maximum absolute atomic E-state index is 13.6. The van der Waals surface area contributed by atoms with Crippen LogP contribution in [0.2, 0.25) is 0 Å². The molecule has 2 aliphatic heterocycles. The average molecular weight is 304 g/mol. The first kappa shape index (κ1) is 15.5. The van der Waals surface area contributed by atoms with Crippen molar-refractivity contribution in [3.63, 3.8) is 0 Å². The van der Waals surface area contributed by atoms with Crippen molar-refractivity contribution >= 4 is 5.91 Å². The van der Waals surface area contributed by atoms with Crippen LogP contribution >= 0.6 is 0 Å². The zero-order valence-corrected chi connectivity index (χ0v) is 13.1. The molecule has 22 heavy (non-hydrogen) atoms. The molecule has 0 saturated carbocycles. The lowest BCUT2D eigenvalue weighted by Crippen LogP contribution is -2.36. The third kappa shape index (κ3) is 3.86. The minimum Gasteiger partial charge on any atom is -0.342 e. The second kappa shape index (κ2) is 7.23. The summed E-state index contributed by atoms with van der Waals surface area (Å²) in [7, 11) is 0. The predicted molar refractivity (Wildman–Crippen MR) is 85.1 cm³/mol. The molecule has 1 aromatic carbocycles. The van der Waals surface area contributed by atoms with Crippen LogP contribution in [0, 0.1) is 11.7 Å². The normalized spacial score (nSPS) is 23.0. The standard InChI is InChI=1S/C18H25FN2O/c19-17-7-3-2-6-16(17)12-18(22)21-11-8-15(14-21)13-20-9-4-1-5-10-20/h2-3,6-7,15H,1,4-5,8-14H2. The Labute approximate surface area is 132 Å². The Hall–Kier alpha value is -1.42. The molecule has 0 bridgehead atoms. The maximum atomic E-state index is 13.6. The molecule has 120 valence electrons. The lowest BCUT2D eigenvalue weighted by molar-refractivity contribution is -0.129. The smallest absolute Gasteiger partial charge is 0.227 e. The third-order valence-electron chi connectivity index (χ3n) is 4.90. The predicted octanol–water partition coefficient (Wildman–Crippen LogP) is 2.70. The van der Waals surface area contributed by atoms with Gasteiger partial charge in [0.25, 0.3) is 0 Å². The Morgan fingerprint density at radius 2 is 1.91 bits per heavy atom. The van der Waals surface area contributed by atoms with E-state index in [0.29, 0.717) is 11.5 Å². The number of likely N-dealkylation sites (tertiary alicyclic amines) is 2. The van der Waals surface area contributed by atoms with Gasteiger partial charge in [0.1, 0.15) is 5.82 Å². The van der Waals surface area contributed by atoms with E-state index in [1.54, 1.807) is 18.2 Å². The van der Waals surface area contributed by atoms with Crippen LogP contribution in [0.3, 0.4) is 0 Å².